The average molecular weight is 298 g/mol. The third-order valence-corrected chi connectivity index (χ3v) is 3.40. The standard InChI is InChI=1S/C12H15ClF3NS/c1-18-7-3-2-6-17-11-5-4-9(8-10(11)13)12(14,15)16/h4-5,8,17H,2-3,6-7H2,1H3. The van der Waals surface area contributed by atoms with E-state index in [4.69, 9.17) is 11.6 Å². The summed E-state index contributed by atoms with van der Waals surface area (Å²) in [5.74, 6) is 1.09. The van der Waals surface area contributed by atoms with Crippen molar-refractivity contribution in [3.63, 3.8) is 0 Å². The third kappa shape index (κ3) is 4.98. The molecule has 0 saturated carbocycles. The van der Waals surface area contributed by atoms with Gasteiger partial charge in [-0.25, -0.2) is 0 Å². The Bertz CT molecular complexity index is 382. The number of benzene rings is 1. The molecule has 0 spiro atoms. The van der Waals surface area contributed by atoms with Gasteiger partial charge in [0.15, 0.2) is 0 Å². The van der Waals surface area contributed by atoms with Gasteiger partial charge in [0.1, 0.15) is 0 Å². The molecule has 0 atom stereocenters. The van der Waals surface area contributed by atoms with Crippen LogP contribution in [0, 0.1) is 0 Å². The zero-order chi connectivity index (χ0) is 13.6. The summed E-state index contributed by atoms with van der Waals surface area (Å²) in [6, 6.07) is 3.36. The smallest absolute Gasteiger partial charge is 0.384 e. The lowest BCUT2D eigenvalue weighted by Crippen LogP contribution is -2.07. The fourth-order valence-electron chi connectivity index (χ4n) is 1.43. The number of alkyl halides is 3. The average Bonchev–Trinajstić information content (AvgIpc) is 2.29. The summed E-state index contributed by atoms with van der Waals surface area (Å²) in [4.78, 5) is 0. The summed E-state index contributed by atoms with van der Waals surface area (Å²) >= 11 is 7.59. The van der Waals surface area contributed by atoms with E-state index in [1.807, 2.05) is 6.26 Å². The lowest BCUT2D eigenvalue weighted by molar-refractivity contribution is -0.137. The van der Waals surface area contributed by atoms with E-state index >= 15 is 0 Å². The number of anilines is 1. The number of thioether (sulfide) groups is 1. The second-order valence-corrected chi connectivity index (χ2v) is 5.21. The largest absolute Gasteiger partial charge is 0.416 e. The molecule has 0 aliphatic carbocycles. The van der Waals surface area contributed by atoms with Crippen molar-refractivity contribution in [2.75, 3.05) is 23.9 Å². The molecule has 0 bridgehead atoms. The molecule has 0 saturated heterocycles. The second-order valence-electron chi connectivity index (χ2n) is 3.82. The zero-order valence-corrected chi connectivity index (χ0v) is 11.6. The van der Waals surface area contributed by atoms with Crippen LogP contribution >= 0.6 is 23.4 Å². The minimum Gasteiger partial charge on any atom is -0.384 e. The molecule has 0 aliphatic rings. The van der Waals surface area contributed by atoms with Crippen LogP contribution in [0.25, 0.3) is 0 Å². The van der Waals surface area contributed by atoms with Crippen LogP contribution in [0.15, 0.2) is 18.2 Å². The first-order chi connectivity index (χ1) is 8.45. The van der Waals surface area contributed by atoms with E-state index in [1.165, 1.54) is 6.07 Å². The van der Waals surface area contributed by atoms with Crippen molar-refractivity contribution in [2.45, 2.75) is 19.0 Å². The molecule has 0 heterocycles. The number of hydrogen-bond donors (Lipinski definition) is 1. The normalized spacial score (nSPS) is 11.6. The van der Waals surface area contributed by atoms with E-state index in [1.54, 1.807) is 11.8 Å². The minimum absolute atomic E-state index is 0.106. The van der Waals surface area contributed by atoms with Crippen LogP contribution in [0.1, 0.15) is 18.4 Å². The van der Waals surface area contributed by atoms with E-state index in [9.17, 15) is 13.2 Å². The van der Waals surface area contributed by atoms with Gasteiger partial charge in [-0.05, 0) is 43.0 Å². The molecule has 0 aromatic heterocycles. The number of hydrogen-bond acceptors (Lipinski definition) is 2. The van der Waals surface area contributed by atoms with Gasteiger partial charge in [0.05, 0.1) is 16.3 Å². The molecular formula is C12H15ClF3NS. The van der Waals surface area contributed by atoms with E-state index in [2.05, 4.69) is 5.32 Å². The van der Waals surface area contributed by atoms with Crippen molar-refractivity contribution in [3.8, 4) is 0 Å². The molecule has 0 amide bonds. The van der Waals surface area contributed by atoms with Crippen LogP contribution in [0.4, 0.5) is 18.9 Å². The van der Waals surface area contributed by atoms with Gasteiger partial charge in [0.25, 0.3) is 0 Å². The lowest BCUT2D eigenvalue weighted by Gasteiger charge is -2.11. The number of rotatable bonds is 6. The first-order valence-corrected chi connectivity index (χ1v) is 7.32. The van der Waals surface area contributed by atoms with Crippen LogP contribution in [-0.4, -0.2) is 18.6 Å². The predicted molar refractivity (Wildman–Crippen MR) is 72.6 cm³/mol. The highest BCUT2D eigenvalue weighted by atomic mass is 35.5. The molecule has 1 aromatic carbocycles. The third-order valence-electron chi connectivity index (χ3n) is 2.39. The Kier molecular flexibility index (Phi) is 6.15. The van der Waals surface area contributed by atoms with Gasteiger partial charge in [-0.2, -0.15) is 24.9 Å². The van der Waals surface area contributed by atoms with E-state index in [0.29, 0.717) is 12.2 Å². The summed E-state index contributed by atoms with van der Waals surface area (Å²) in [7, 11) is 0. The van der Waals surface area contributed by atoms with Crippen molar-refractivity contribution in [1.82, 2.24) is 0 Å². The summed E-state index contributed by atoms with van der Waals surface area (Å²) in [5.41, 5.74) is -0.172. The highest BCUT2D eigenvalue weighted by Gasteiger charge is 2.30. The number of halogens is 4. The van der Waals surface area contributed by atoms with Gasteiger partial charge in [-0.1, -0.05) is 11.6 Å². The molecule has 0 unspecified atom stereocenters. The molecular weight excluding hydrogens is 283 g/mol. The van der Waals surface area contributed by atoms with Crippen LogP contribution in [0.2, 0.25) is 5.02 Å². The number of unbranched alkanes of at least 4 members (excludes halogenated alkanes) is 1. The second kappa shape index (κ2) is 7.14. The van der Waals surface area contributed by atoms with E-state index < -0.39 is 11.7 Å². The maximum Gasteiger partial charge on any atom is 0.416 e. The fraction of sp³-hybridized carbons (Fsp3) is 0.500. The van der Waals surface area contributed by atoms with Gasteiger partial charge in [-0.15, -0.1) is 0 Å². The van der Waals surface area contributed by atoms with Crippen LogP contribution in [0.3, 0.4) is 0 Å². The highest BCUT2D eigenvalue weighted by Crippen LogP contribution is 2.33. The van der Waals surface area contributed by atoms with Gasteiger partial charge in [0.2, 0.25) is 0 Å². The Morgan fingerprint density at radius 3 is 2.56 bits per heavy atom. The molecule has 102 valence electrons. The lowest BCUT2D eigenvalue weighted by atomic mass is 10.2. The van der Waals surface area contributed by atoms with Crippen molar-refractivity contribution in [2.24, 2.45) is 0 Å². The summed E-state index contributed by atoms with van der Waals surface area (Å²) in [6.07, 6.45) is -0.259. The molecule has 1 N–H and O–H groups in total. The molecule has 0 aliphatic heterocycles. The van der Waals surface area contributed by atoms with Gasteiger partial charge in [-0.3, -0.25) is 0 Å². The van der Waals surface area contributed by atoms with Gasteiger partial charge in [0, 0.05) is 6.54 Å². The van der Waals surface area contributed by atoms with Crippen molar-refractivity contribution in [3.05, 3.63) is 28.8 Å². The molecule has 18 heavy (non-hydrogen) atoms. The highest BCUT2D eigenvalue weighted by molar-refractivity contribution is 7.98. The molecule has 0 fully saturated rings. The molecule has 1 nitrogen and oxygen atoms in total. The molecule has 1 aromatic rings. The van der Waals surface area contributed by atoms with Crippen LogP contribution < -0.4 is 5.32 Å². The van der Waals surface area contributed by atoms with Crippen molar-refractivity contribution < 1.29 is 13.2 Å². The predicted octanol–water partition coefficient (Wildman–Crippen LogP) is 4.91. The zero-order valence-electron chi connectivity index (χ0n) is 9.98. The maximum atomic E-state index is 12.4. The Morgan fingerprint density at radius 2 is 2.00 bits per heavy atom. The topological polar surface area (TPSA) is 12.0 Å². The molecule has 1 rings (SSSR count). The van der Waals surface area contributed by atoms with Crippen molar-refractivity contribution in [1.29, 1.82) is 0 Å². The minimum atomic E-state index is -4.35. The first kappa shape index (κ1) is 15.5. The van der Waals surface area contributed by atoms with Crippen LogP contribution in [0.5, 0.6) is 0 Å². The Hall–Kier alpha value is -0.550. The van der Waals surface area contributed by atoms with E-state index in [0.717, 1.165) is 30.7 Å². The Morgan fingerprint density at radius 1 is 1.28 bits per heavy atom. The molecule has 6 heteroatoms. The Labute approximate surface area is 114 Å². The maximum absolute atomic E-state index is 12.4. The van der Waals surface area contributed by atoms with E-state index in [-0.39, 0.29) is 5.02 Å². The van der Waals surface area contributed by atoms with Gasteiger partial charge < -0.3 is 5.32 Å². The summed E-state index contributed by atoms with van der Waals surface area (Å²) < 4.78 is 37.2. The fourth-order valence-corrected chi connectivity index (χ4v) is 2.17. The monoisotopic (exact) mass is 297 g/mol. The SMILES string of the molecule is CSCCCCNc1ccc(C(F)(F)F)cc1Cl. The van der Waals surface area contributed by atoms with Crippen molar-refractivity contribution >= 4 is 29.1 Å². The summed E-state index contributed by atoms with van der Waals surface area (Å²) in [6.45, 7) is 0.714. The van der Waals surface area contributed by atoms with Crippen LogP contribution in [-0.2, 0) is 6.18 Å². The number of nitrogens with one attached hydrogen (secondary N) is 1. The summed E-state index contributed by atoms with van der Waals surface area (Å²) in [5, 5.41) is 3.15. The Balaban J connectivity index is 2.53. The molecule has 0 radical (unpaired) electrons. The first-order valence-electron chi connectivity index (χ1n) is 5.54. The van der Waals surface area contributed by atoms with Gasteiger partial charge >= 0.3 is 6.18 Å². The quantitative estimate of drug-likeness (QED) is 0.748.